The Hall–Kier alpha value is -3.23. The number of amides is 3. The maximum absolute atomic E-state index is 12.1. The Kier molecular flexibility index (Phi) is 4.23. The fourth-order valence-electron chi connectivity index (χ4n) is 1.97. The van der Waals surface area contributed by atoms with Gasteiger partial charge in [0.25, 0.3) is 5.91 Å². The molecule has 0 saturated heterocycles. The van der Waals surface area contributed by atoms with Gasteiger partial charge >= 0.3 is 11.8 Å². The van der Waals surface area contributed by atoms with Crippen molar-refractivity contribution in [3.8, 4) is 5.69 Å². The lowest BCUT2D eigenvalue weighted by Gasteiger charge is -2.06. The van der Waals surface area contributed by atoms with Crippen LogP contribution in [-0.2, 0) is 9.59 Å². The Balaban J connectivity index is 1.61. The van der Waals surface area contributed by atoms with Gasteiger partial charge in [-0.3, -0.25) is 25.2 Å². The molecule has 1 aromatic carbocycles. The lowest BCUT2D eigenvalue weighted by molar-refractivity contribution is -0.139. The molecular formula is C15H16N6O3. The van der Waals surface area contributed by atoms with Crippen LogP contribution in [0.25, 0.3) is 5.69 Å². The molecule has 3 rings (SSSR count). The van der Waals surface area contributed by atoms with Crippen LogP contribution in [0.3, 0.4) is 0 Å². The number of hydrogen-bond donors (Lipinski definition) is 3. The molecule has 0 bridgehead atoms. The molecule has 1 saturated carbocycles. The highest BCUT2D eigenvalue weighted by atomic mass is 16.2. The van der Waals surface area contributed by atoms with Gasteiger partial charge in [-0.2, -0.15) is 9.90 Å². The van der Waals surface area contributed by atoms with E-state index in [4.69, 9.17) is 0 Å². The van der Waals surface area contributed by atoms with E-state index in [9.17, 15) is 14.4 Å². The highest BCUT2D eigenvalue weighted by Crippen LogP contribution is 2.18. The summed E-state index contributed by atoms with van der Waals surface area (Å²) in [6.45, 7) is 1.63. The first-order valence-electron chi connectivity index (χ1n) is 7.45. The first-order valence-corrected chi connectivity index (χ1v) is 7.45. The zero-order valence-electron chi connectivity index (χ0n) is 12.9. The number of benzene rings is 1. The SMILES string of the molecule is Cc1nn(-c2ccccc2)nc1C(=O)NNC(=O)C(=O)NC1CC1. The van der Waals surface area contributed by atoms with E-state index in [1.807, 2.05) is 18.2 Å². The Morgan fingerprint density at radius 2 is 1.75 bits per heavy atom. The summed E-state index contributed by atoms with van der Waals surface area (Å²) in [5.41, 5.74) is 5.38. The molecule has 1 aromatic heterocycles. The number of carbonyl (C=O) groups is 3. The molecule has 3 N–H and O–H groups in total. The molecule has 3 amide bonds. The van der Waals surface area contributed by atoms with Gasteiger partial charge in [-0.25, -0.2) is 0 Å². The molecule has 124 valence electrons. The molecule has 0 radical (unpaired) electrons. The average Bonchev–Trinajstić information content (AvgIpc) is 3.32. The fraction of sp³-hybridized carbons (Fsp3) is 0.267. The van der Waals surface area contributed by atoms with E-state index in [2.05, 4.69) is 26.4 Å². The van der Waals surface area contributed by atoms with Gasteiger partial charge in [0.05, 0.1) is 11.4 Å². The summed E-state index contributed by atoms with van der Waals surface area (Å²) in [7, 11) is 0. The third kappa shape index (κ3) is 3.57. The molecule has 24 heavy (non-hydrogen) atoms. The predicted octanol–water partition coefficient (Wildman–Crippen LogP) is -0.385. The number of aromatic nitrogens is 3. The largest absolute Gasteiger partial charge is 0.345 e. The number of hydrazine groups is 1. The van der Waals surface area contributed by atoms with Crippen LogP contribution in [0.1, 0.15) is 29.0 Å². The molecule has 0 atom stereocenters. The van der Waals surface area contributed by atoms with Crippen LogP contribution in [0.2, 0.25) is 0 Å². The van der Waals surface area contributed by atoms with Crippen LogP contribution in [0, 0.1) is 6.92 Å². The first kappa shape index (κ1) is 15.7. The number of carbonyl (C=O) groups excluding carboxylic acids is 3. The smallest absolute Gasteiger partial charge is 0.327 e. The Morgan fingerprint density at radius 3 is 2.42 bits per heavy atom. The molecule has 1 aliphatic rings. The third-order valence-electron chi connectivity index (χ3n) is 3.39. The average molecular weight is 328 g/mol. The highest BCUT2D eigenvalue weighted by Gasteiger charge is 2.26. The van der Waals surface area contributed by atoms with E-state index in [-0.39, 0.29) is 11.7 Å². The second-order valence-electron chi connectivity index (χ2n) is 5.41. The summed E-state index contributed by atoms with van der Waals surface area (Å²) in [6.07, 6.45) is 1.74. The number of nitrogens with zero attached hydrogens (tertiary/aromatic N) is 3. The van der Waals surface area contributed by atoms with Crippen molar-refractivity contribution < 1.29 is 14.4 Å². The summed E-state index contributed by atoms with van der Waals surface area (Å²) in [5.74, 6) is -2.35. The molecule has 1 aliphatic carbocycles. The van der Waals surface area contributed by atoms with Gasteiger partial charge in [-0.05, 0) is 31.9 Å². The molecule has 1 heterocycles. The molecular weight excluding hydrogens is 312 g/mol. The maximum atomic E-state index is 12.1. The highest BCUT2D eigenvalue weighted by molar-refractivity contribution is 6.35. The molecule has 0 spiro atoms. The molecule has 9 heteroatoms. The monoisotopic (exact) mass is 328 g/mol. The van der Waals surface area contributed by atoms with Crippen molar-refractivity contribution in [3.63, 3.8) is 0 Å². The minimum absolute atomic E-state index is 0.0572. The summed E-state index contributed by atoms with van der Waals surface area (Å²) >= 11 is 0. The minimum Gasteiger partial charge on any atom is -0.345 e. The van der Waals surface area contributed by atoms with Crippen molar-refractivity contribution in [1.29, 1.82) is 0 Å². The number of nitrogens with one attached hydrogen (secondary N) is 3. The van der Waals surface area contributed by atoms with Crippen LogP contribution in [0.5, 0.6) is 0 Å². The maximum Gasteiger partial charge on any atom is 0.327 e. The Labute approximate surface area is 137 Å². The summed E-state index contributed by atoms with van der Waals surface area (Å²) in [5, 5.41) is 10.8. The van der Waals surface area contributed by atoms with Gasteiger partial charge in [0.2, 0.25) is 0 Å². The Morgan fingerprint density at radius 1 is 1.04 bits per heavy atom. The van der Waals surface area contributed by atoms with Crippen LogP contribution < -0.4 is 16.2 Å². The number of para-hydroxylation sites is 1. The van der Waals surface area contributed by atoms with Crippen LogP contribution in [0.15, 0.2) is 30.3 Å². The third-order valence-corrected chi connectivity index (χ3v) is 3.39. The van der Waals surface area contributed by atoms with E-state index >= 15 is 0 Å². The van der Waals surface area contributed by atoms with E-state index in [1.54, 1.807) is 19.1 Å². The lowest BCUT2D eigenvalue weighted by Crippen LogP contribution is -2.49. The van der Waals surface area contributed by atoms with E-state index in [0.717, 1.165) is 12.8 Å². The number of rotatable bonds is 3. The second kappa shape index (κ2) is 6.49. The first-order chi connectivity index (χ1) is 11.5. The molecule has 0 unspecified atom stereocenters. The zero-order chi connectivity index (χ0) is 17.1. The summed E-state index contributed by atoms with van der Waals surface area (Å²) in [4.78, 5) is 36.5. The van der Waals surface area contributed by atoms with Gasteiger partial charge < -0.3 is 5.32 Å². The van der Waals surface area contributed by atoms with Crippen molar-refractivity contribution in [3.05, 3.63) is 41.7 Å². The van der Waals surface area contributed by atoms with E-state index in [0.29, 0.717) is 11.4 Å². The minimum atomic E-state index is -0.927. The van der Waals surface area contributed by atoms with Crippen molar-refractivity contribution in [1.82, 2.24) is 31.2 Å². The zero-order valence-corrected chi connectivity index (χ0v) is 12.9. The number of hydrogen-bond acceptors (Lipinski definition) is 5. The van der Waals surface area contributed by atoms with Crippen LogP contribution in [0.4, 0.5) is 0 Å². The standard InChI is InChI=1S/C15H16N6O3/c1-9-12(20-21(19-9)11-5-3-2-4-6-11)13(22)17-18-15(24)14(23)16-10-7-8-10/h2-6,10H,7-8H2,1H3,(H,16,23)(H,17,22)(H,18,24). The molecule has 9 nitrogen and oxygen atoms in total. The van der Waals surface area contributed by atoms with Gasteiger partial charge in [-0.15, -0.1) is 5.10 Å². The van der Waals surface area contributed by atoms with Crippen molar-refractivity contribution in [2.45, 2.75) is 25.8 Å². The van der Waals surface area contributed by atoms with Crippen molar-refractivity contribution >= 4 is 17.7 Å². The molecule has 2 aromatic rings. The quantitative estimate of drug-likeness (QED) is 0.524. The van der Waals surface area contributed by atoms with Crippen molar-refractivity contribution in [2.75, 3.05) is 0 Å². The van der Waals surface area contributed by atoms with E-state index in [1.165, 1.54) is 4.80 Å². The predicted molar refractivity (Wildman–Crippen MR) is 82.9 cm³/mol. The lowest BCUT2D eigenvalue weighted by atomic mass is 10.3. The Bertz CT molecular complexity index is 782. The fourth-order valence-corrected chi connectivity index (χ4v) is 1.97. The number of aryl methyl sites for hydroxylation is 1. The molecule has 0 aliphatic heterocycles. The second-order valence-corrected chi connectivity index (χ2v) is 5.41. The normalized spacial score (nSPS) is 13.2. The topological polar surface area (TPSA) is 118 Å². The van der Waals surface area contributed by atoms with Gasteiger partial charge in [0.15, 0.2) is 5.69 Å². The summed E-state index contributed by atoms with van der Waals surface area (Å²) in [6, 6.07) is 9.16. The summed E-state index contributed by atoms with van der Waals surface area (Å²) < 4.78 is 0. The molecule has 1 fully saturated rings. The van der Waals surface area contributed by atoms with Gasteiger partial charge in [-0.1, -0.05) is 18.2 Å². The van der Waals surface area contributed by atoms with Gasteiger partial charge in [0, 0.05) is 6.04 Å². The van der Waals surface area contributed by atoms with Gasteiger partial charge in [0.1, 0.15) is 0 Å². The van der Waals surface area contributed by atoms with E-state index < -0.39 is 17.7 Å². The van der Waals surface area contributed by atoms with Crippen molar-refractivity contribution in [2.24, 2.45) is 0 Å². The van der Waals surface area contributed by atoms with Crippen LogP contribution >= 0.6 is 0 Å². The van der Waals surface area contributed by atoms with Crippen LogP contribution in [-0.4, -0.2) is 38.8 Å².